The summed E-state index contributed by atoms with van der Waals surface area (Å²) in [5.74, 6) is 0.573. The second-order valence-electron chi connectivity index (χ2n) is 4.65. The lowest BCUT2D eigenvalue weighted by atomic mass is 9.95. The van der Waals surface area contributed by atoms with Gasteiger partial charge in [-0.25, -0.2) is 0 Å². The molecule has 1 aliphatic rings. The minimum atomic E-state index is -0.0884. The summed E-state index contributed by atoms with van der Waals surface area (Å²) in [5.41, 5.74) is 0.517. The van der Waals surface area contributed by atoms with Crippen molar-refractivity contribution in [3.05, 3.63) is 28.8 Å². The van der Waals surface area contributed by atoms with Crippen molar-refractivity contribution >= 4 is 17.5 Å². The van der Waals surface area contributed by atoms with Crippen LogP contribution in [0.4, 0.5) is 0 Å². The molecule has 0 atom stereocenters. The molecule has 0 spiro atoms. The van der Waals surface area contributed by atoms with Gasteiger partial charge in [0.25, 0.3) is 5.91 Å². The van der Waals surface area contributed by atoms with Crippen molar-refractivity contribution < 1.29 is 9.53 Å². The van der Waals surface area contributed by atoms with E-state index in [-0.39, 0.29) is 5.91 Å². The molecular formula is C14H18ClNO2. The number of nitrogens with one attached hydrogen (secondary N) is 1. The lowest BCUT2D eigenvalue weighted by Crippen LogP contribution is -2.36. The molecule has 18 heavy (non-hydrogen) atoms. The van der Waals surface area contributed by atoms with Gasteiger partial charge in [-0.1, -0.05) is 30.9 Å². The summed E-state index contributed by atoms with van der Waals surface area (Å²) < 4.78 is 5.06. The van der Waals surface area contributed by atoms with Gasteiger partial charge < -0.3 is 10.1 Å². The maximum atomic E-state index is 12.1. The van der Waals surface area contributed by atoms with Gasteiger partial charge in [-0.2, -0.15) is 0 Å². The molecule has 0 heterocycles. The number of hydrogen-bond acceptors (Lipinski definition) is 2. The SMILES string of the molecule is COc1ccc(C(=O)NC2CCCCC2)c(Cl)c1. The predicted molar refractivity (Wildman–Crippen MR) is 72.3 cm³/mol. The zero-order chi connectivity index (χ0) is 13.0. The van der Waals surface area contributed by atoms with Crippen molar-refractivity contribution in [1.29, 1.82) is 0 Å². The Morgan fingerprint density at radius 2 is 2.06 bits per heavy atom. The zero-order valence-electron chi connectivity index (χ0n) is 10.5. The molecular weight excluding hydrogens is 250 g/mol. The van der Waals surface area contributed by atoms with Gasteiger partial charge >= 0.3 is 0 Å². The summed E-state index contributed by atoms with van der Waals surface area (Å²) in [6.45, 7) is 0. The fourth-order valence-electron chi connectivity index (χ4n) is 2.32. The quantitative estimate of drug-likeness (QED) is 0.911. The molecule has 1 amide bonds. The minimum Gasteiger partial charge on any atom is -0.497 e. The molecule has 1 saturated carbocycles. The second-order valence-corrected chi connectivity index (χ2v) is 5.06. The second kappa shape index (κ2) is 6.10. The molecule has 1 fully saturated rings. The van der Waals surface area contributed by atoms with Crippen molar-refractivity contribution in [3.63, 3.8) is 0 Å². The van der Waals surface area contributed by atoms with E-state index < -0.39 is 0 Å². The Hall–Kier alpha value is -1.22. The van der Waals surface area contributed by atoms with E-state index in [1.54, 1.807) is 25.3 Å². The fraction of sp³-hybridized carbons (Fsp3) is 0.500. The van der Waals surface area contributed by atoms with Crippen LogP contribution in [0.3, 0.4) is 0 Å². The number of rotatable bonds is 3. The monoisotopic (exact) mass is 267 g/mol. The Morgan fingerprint density at radius 1 is 1.33 bits per heavy atom. The third kappa shape index (κ3) is 3.16. The van der Waals surface area contributed by atoms with E-state index in [0.29, 0.717) is 22.4 Å². The molecule has 0 bridgehead atoms. The molecule has 3 nitrogen and oxygen atoms in total. The molecule has 1 N–H and O–H groups in total. The predicted octanol–water partition coefficient (Wildman–Crippen LogP) is 3.41. The maximum absolute atomic E-state index is 12.1. The number of ether oxygens (including phenoxy) is 1. The molecule has 1 aliphatic carbocycles. The molecule has 0 saturated heterocycles. The smallest absolute Gasteiger partial charge is 0.253 e. The Labute approximate surface area is 112 Å². The average Bonchev–Trinajstić information content (AvgIpc) is 2.39. The molecule has 2 rings (SSSR count). The van der Waals surface area contributed by atoms with Crippen LogP contribution < -0.4 is 10.1 Å². The highest BCUT2D eigenvalue weighted by Gasteiger charge is 2.18. The highest BCUT2D eigenvalue weighted by atomic mass is 35.5. The summed E-state index contributed by atoms with van der Waals surface area (Å²) in [5, 5.41) is 3.48. The number of hydrogen-bond donors (Lipinski definition) is 1. The molecule has 0 unspecified atom stereocenters. The van der Waals surface area contributed by atoms with E-state index in [0.717, 1.165) is 12.8 Å². The van der Waals surface area contributed by atoms with Crippen LogP contribution in [-0.2, 0) is 0 Å². The van der Waals surface area contributed by atoms with Crippen molar-refractivity contribution in [3.8, 4) is 5.75 Å². The van der Waals surface area contributed by atoms with Crippen molar-refractivity contribution in [2.75, 3.05) is 7.11 Å². The number of halogens is 1. The standard InChI is InChI=1S/C14H18ClNO2/c1-18-11-7-8-12(13(15)9-11)14(17)16-10-5-3-2-4-6-10/h7-10H,2-6H2,1H3,(H,16,17). The average molecular weight is 268 g/mol. The number of methoxy groups -OCH3 is 1. The molecule has 0 radical (unpaired) electrons. The Bertz CT molecular complexity index is 428. The first-order chi connectivity index (χ1) is 8.70. The van der Waals surface area contributed by atoms with Crippen LogP contribution in [0.15, 0.2) is 18.2 Å². The van der Waals surface area contributed by atoms with Crippen molar-refractivity contribution in [2.45, 2.75) is 38.1 Å². The number of benzene rings is 1. The van der Waals surface area contributed by atoms with E-state index in [1.165, 1.54) is 19.3 Å². The summed E-state index contributed by atoms with van der Waals surface area (Å²) in [6.07, 6.45) is 5.80. The lowest BCUT2D eigenvalue weighted by Gasteiger charge is -2.23. The van der Waals surface area contributed by atoms with Crippen LogP contribution >= 0.6 is 11.6 Å². The van der Waals surface area contributed by atoms with E-state index in [1.807, 2.05) is 0 Å². The van der Waals surface area contributed by atoms with Gasteiger partial charge in [0.05, 0.1) is 17.7 Å². The largest absolute Gasteiger partial charge is 0.497 e. The molecule has 0 aromatic heterocycles. The van der Waals surface area contributed by atoms with Gasteiger partial charge in [0.15, 0.2) is 0 Å². The van der Waals surface area contributed by atoms with Crippen molar-refractivity contribution in [1.82, 2.24) is 5.32 Å². The van der Waals surface area contributed by atoms with Gasteiger partial charge in [0.1, 0.15) is 5.75 Å². The van der Waals surface area contributed by atoms with Gasteiger partial charge in [-0.3, -0.25) is 4.79 Å². The van der Waals surface area contributed by atoms with E-state index in [2.05, 4.69) is 5.32 Å². The Kier molecular flexibility index (Phi) is 4.48. The molecule has 98 valence electrons. The maximum Gasteiger partial charge on any atom is 0.253 e. The summed E-state index contributed by atoms with van der Waals surface area (Å²) in [4.78, 5) is 12.1. The number of carbonyl (C=O) groups excluding carboxylic acids is 1. The topological polar surface area (TPSA) is 38.3 Å². The van der Waals surface area contributed by atoms with Gasteiger partial charge in [-0.05, 0) is 31.0 Å². The molecule has 1 aromatic carbocycles. The van der Waals surface area contributed by atoms with Crippen LogP contribution in [0, 0.1) is 0 Å². The van der Waals surface area contributed by atoms with E-state index in [9.17, 15) is 4.79 Å². The normalized spacial score (nSPS) is 16.3. The van der Waals surface area contributed by atoms with Gasteiger partial charge in [0.2, 0.25) is 0 Å². The minimum absolute atomic E-state index is 0.0884. The van der Waals surface area contributed by atoms with Crippen molar-refractivity contribution in [2.24, 2.45) is 0 Å². The Balaban J connectivity index is 2.03. The van der Waals surface area contributed by atoms with Crippen LogP contribution in [0.2, 0.25) is 5.02 Å². The first-order valence-corrected chi connectivity index (χ1v) is 6.73. The Morgan fingerprint density at radius 3 is 2.67 bits per heavy atom. The van der Waals surface area contributed by atoms with Crippen LogP contribution in [-0.4, -0.2) is 19.1 Å². The van der Waals surface area contributed by atoms with Gasteiger partial charge in [-0.15, -0.1) is 0 Å². The first-order valence-electron chi connectivity index (χ1n) is 6.35. The number of carbonyl (C=O) groups is 1. The highest BCUT2D eigenvalue weighted by molar-refractivity contribution is 6.34. The third-order valence-electron chi connectivity index (χ3n) is 3.36. The molecule has 4 heteroatoms. The first kappa shape index (κ1) is 13.2. The molecule has 1 aromatic rings. The van der Waals surface area contributed by atoms with Crippen LogP contribution in [0.5, 0.6) is 5.75 Å². The van der Waals surface area contributed by atoms with E-state index in [4.69, 9.17) is 16.3 Å². The molecule has 0 aliphatic heterocycles. The fourth-order valence-corrected chi connectivity index (χ4v) is 2.57. The lowest BCUT2D eigenvalue weighted by molar-refractivity contribution is 0.0928. The summed E-state index contributed by atoms with van der Waals surface area (Å²) in [6, 6.07) is 5.42. The third-order valence-corrected chi connectivity index (χ3v) is 3.67. The van der Waals surface area contributed by atoms with E-state index >= 15 is 0 Å². The highest BCUT2D eigenvalue weighted by Crippen LogP contribution is 2.23. The summed E-state index contributed by atoms with van der Waals surface area (Å²) >= 11 is 6.08. The summed E-state index contributed by atoms with van der Waals surface area (Å²) in [7, 11) is 1.58. The zero-order valence-corrected chi connectivity index (χ0v) is 11.3. The van der Waals surface area contributed by atoms with Crippen LogP contribution in [0.1, 0.15) is 42.5 Å². The van der Waals surface area contributed by atoms with Crippen LogP contribution in [0.25, 0.3) is 0 Å². The van der Waals surface area contributed by atoms with Gasteiger partial charge in [0, 0.05) is 6.04 Å². The number of amides is 1.